The fraction of sp³-hybridized carbons (Fsp3) is 0.625. The van der Waals surface area contributed by atoms with Gasteiger partial charge in [-0.2, -0.15) is 0 Å². The molecule has 0 bridgehead atoms. The minimum atomic E-state index is -0.728. The summed E-state index contributed by atoms with van der Waals surface area (Å²) < 4.78 is 16.0. The Bertz CT molecular complexity index is 468. The van der Waals surface area contributed by atoms with Crippen LogP contribution in [0.5, 0.6) is 17.2 Å². The van der Waals surface area contributed by atoms with Crippen molar-refractivity contribution in [3.05, 3.63) is 17.7 Å². The average Bonchev–Trinajstić information content (AvgIpc) is 2.43. The number of aliphatic hydroxyl groups excluding tert-OH is 1. The highest BCUT2D eigenvalue weighted by Gasteiger charge is 2.27. The van der Waals surface area contributed by atoms with Crippen LogP contribution in [0, 0.1) is 5.41 Å². The first kappa shape index (κ1) is 17.6. The van der Waals surface area contributed by atoms with E-state index in [-0.39, 0.29) is 11.5 Å². The number of nitrogens with two attached hydrogens (primary N) is 1. The second-order valence-electron chi connectivity index (χ2n) is 6.15. The molecule has 21 heavy (non-hydrogen) atoms. The highest BCUT2D eigenvalue weighted by Crippen LogP contribution is 2.43. The predicted octanol–water partition coefficient (Wildman–Crippen LogP) is 2.51. The summed E-state index contributed by atoms with van der Waals surface area (Å²) in [5.41, 5.74) is 6.72. The Morgan fingerprint density at radius 1 is 1.05 bits per heavy atom. The summed E-state index contributed by atoms with van der Waals surface area (Å²) in [6.45, 7) is 6.16. The molecule has 0 aliphatic heterocycles. The first-order valence-electron chi connectivity index (χ1n) is 6.98. The van der Waals surface area contributed by atoms with Gasteiger partial charge in [-0.05, 0) is 24.0 Å². The smallest absolute Gasteiger partial charge is 0.203 e. The maximum Gasteiger partial charge on any atom is 0.203 e. The Kier molecular flexibility index (Phi) is 5.87. The van der Waals surface area contributed by atoms with Crippen LogP contribution < -0.4 is 19.9 Å². The van der Waals surface area contributed by atoms with Gasteiger partial charge in [0, 0.05) is 11.6 Å². The largest absolute Gasteiger partial charge is 0.493 e. The number of methoxy groups -OCH3 is 3. The van der Waals surface area contributed by atoms with E-state index in [9.17, 15) is 5.11 Å². The van der Waals surface area contributed by atoms with Gasteiger partial charge in [-0.1, -0.05) is 20.8 Å². The molecular formula is C16H27NO4. The lowest BCUT2D eigenvalue weighted by Crippen LogP contribution is -2.36. The molecule has 0 radical (unpaired) electrons. The van der Waals surface area contributed by atoms with Gasteiger partial charge in [0.2, 0.25) is 5.75 Å². The zero-order valence-electron chi connectivity index (χ0n) is 13.8. The van der Waals surface area contributed by atoms with Gasteiger partial charge in [0.05, 0.1) is 27.4 Å². The topological polar surface area (TPSA) is 73.9 Å². The maximum absolute atomic E-state index is 10.5. The molecule has 5 nitrogen and oxygen atoms in total. The molecule has 0 amide bonds. The summed E-state index contributed by atoms with van der Waals surface area (Å²) in [5, 5.41) is 10.5. The van der Waals surface area contributed by atoms with Gasteiger partial charge in [-0.15, -0.1) is 0 Å². The van der Waals surface area contributed by atoms with Crippen LogP contribution in [0.3, 0.4) is 0 Å². The molecule has 1 aromatic rings. The third-order valence-electron chi connectivity index (χ3n) is 3.68. The Labute approximate surface area is 127 Å². The van der Waals surface area contributed by atoms with Crippen molar-refractivity contribution in [3.63, 3.8) is 0 Å². The number of rotatable bonds is 6. The molecule has 0 saturated carbocycles. The normalized spacial score (nSPS) is 14.5. The number of benzene rings is 1. The molecule has 5 heteroatoms. The van der Waals surface area contributed by atoms with Crippen LogP contribution in [-0.4, -0.2) is 32.5 Å². The van der Waals surface area contributed by atoms with Gasteiger partial charge in [-0.3, -0.25) is 0 Å². The van der Waals surface area contributed by atoms with Gasteiger partial charge in [0.25, 0.3) is 0 Å². The van der Waals surface area contributed by atoms with Crippen LogP contribution in [0.15, 0.2) is 12.1 Å². The van der Waals surface area contributed by atoms with Crippen molar-refractivity contribution in [2.45, 2.75) is 39.3 Å². The van der Waals surface area contributed by atoms with E-state index in [1.165, 1.54) is 14.2 Å². The van der Waals surface area contributed by atoms with Crippen LogP contribution in [0.2, 0.25) is 0 Å². The average molecular weight is 297 g/mol. The van der Waals surface area contributed by atoms with E-state index in [1.807, 2.05) is 0 Å². The summed E-state index contributed by atoms with van der Waals surface area (Å²) in [5.74, 6) is 1.51. The summed E-state index contributed by atoms with van der Waals surface area (Å²) in [7, 11) is 4.64. The third-order valence-corrected chi connectivity index (χ3v) is 3.68. The van der Waals surface area contributed by atoms with E-state index >= 15 is 0 Å². The highest BCUT2D eigenvalue weighted by atomic mass is 16.5. The number of ether oxygens (including phenoxy) is 3. The predicted molar refractivity (Wildman–Crippen MR) is 83.1 cm³/mol. The third kappa shape index (κ3) is 4.02. The Morgan fingerprint density at radius 3 is 2.05 bits per heavy atom. The minimum Gasteiger partial charge on any atom is -0.493 e. The lowest BCUT2D eigenvalue weighted by Gasteiger charge is -2.29. The Hall–Kier alpha value is -1.46. The zero-order valence-corrected chi connectivity index (χ0v) is 13.8. The molecule has 120 valence electrons. The van der Waals surface area contributed by atoms with Crippen molar-refractivity contribution in [2.75, 3.05) is 21.3 Å². The van der Waals surface area contributed by atoms with Crippen LogP contribution >= 0.6 is 0 Å². The van der Waals surface area contributed by atoms with E-state index in [0.29, 0.717) is 29.2 Å². The lowest BCUT2D eigenvalue weighted by atomic mass is 9.83. The lowest BCUT2D eigenvalue weighted by molar-refractivity contribution is 0.130. The molecule has 0 aliphatic carbocycles. The van der Waals surface area contributed by atoms with E-state index in [1.54, 1.807) is 19.2 Å². The van der Waals surface area contributed by atoms with E-state index in [4.69, 9.17) is 19.9 Å². The van der Waals surface area contributed by atoms with Gasteiger partial charge in [0.1, 0.15) is 0 Å². The van der Waals surface area contributed by atoms with Crippen molar-refractivity contribution in [1.29, 1.82) is 0 Å². The molecule has 0 aliphatic rings. The molecule has 3 N–H and O–H groups in total. The molecule has 1 aromatic carbocycles. The molecule has 1 rings (SSSR count). The van der Waals surface area contributed by atoms with Gasteiger partial charge < -0.3 is 25.1 Å². The molecule has 0 unspecified atom stereocenters. The standard InChI is InChI=1S/C16H27NO4/c1-16(2,3)13(17)9-11(18)10-7-8-12(19-4)15(21-6)14(10)20-5/h7-8,11,13,18H,9,17H2,1-6H3/t11-,13+/m1/s1. The molecule has 2 atom stereocenters. The number of hydrogen-bond donors (Lipinski definition) is 2. The molecule has 0 spiro atoms. The second kappa shape index (κ2) is 7.00. The minimum absolute atomic E-state index is 0.0786. The Morgan fingerprint density at radius 2 is 1.62 bits per heavy atom. The first-order chi connectivity index (χ1) is 9.76. The highest BCUT2D eigenvalue weighted by molar-refractivity contribution is 5.56. The molecule has 0 saturated heterocycles. The van der Waals surface area contributed by atoms with Crippen LogP contribution in [0.1, 0.15) is 38.9 Å². The molecular weight excluding hydrogens is 270 g/mol. The van der Waals surface area contributed by atoms with Crippen molar-refractivity contribution in [3.8, 4) is 17.2 Å². The summed E-state index contributed by atoms with van der Waals surface area (Å²) in [6, 6.07) is 3.40. The number of hydrogen-bond acceptors (Lipinski definition) is 5. The van der Waals surface area contributed by atoms with Crippen LogP contribution in [-0.2, 0) is 0 Å². The van der Waals surface area contributed by atoms with E-state index in [0.717, 1.165) is 0 Å². The summed E-state index contributed by atoms with van der Waals surface area (Å²) in [4.78, 5) is 0. The fourth-order valence-electron chi connectivity index (χ4n) is 2.11. The van der Waals surface area contributed by atoms with Crippen LogP contribution in [0.4, 0.5) is 0 Å². The molecule has 0 heterocycles. The van der Waals surface area contributed by atoms with Crippen molar-refractivity contribution >= 4 is 0 Å². The number of aliphatic hydroxyl groups is 1. The van der Waals surface area contributed by atoms with Crippen molar-refractivity contribution in [1.82, 2.24) is 0 Å². The zero-order chi connectivity index (χ0) is 16.2. The van der Waals surface area contributed by atoms with E-state index in [2.05, 4.69) is 20.8 Å². The molecule has 0 fully saturated rings. The SMILES string of the molecule is COc1ccc([C@H](O)C[C@H](N)C(C)(C)C)c(OC)c1OC. The Balaban J connectivity index is 3.12. The summed E-state index contributed by atoms with van der Waals surface area (Å²) >= 11 is 0. The fourth-order valence-corrected chi connectivity index (χ4v) is 2.11. The monoisotopic (exact) mass is 297 g/mol. The van der Waals surface area contributed by atoms with Gasteiger partial charge >= 0.3 is 0 Å². The first-order valence-corrected chi connectivity index (χ1v) is 6.98. The van der Waals surface area contributed by atoms with Gasteiger partial charge in [0.15, 0.2) is 11.5 Å². The van der Waals surface area contributed by atoms with Crippen molar-refractivity contribution < 1.29 is 19.3 Å². The quantitative estimate of drug-likeness (QED) is 0.844. The van der Waals surface area contributed by atoms with Crippen LogP contribution in [0.25, 0.3) is 0 Å². The summed E-state index contributed by atoms with van der Waals surface area (Å²) in [6.07, 6.45) is -0.288. The second-order valence-corrected chi connectivity index (χ2v) is 6.15. The maximum atomic E-state index is 10.5. The molecule has 0 aromatic heterocycles. The van der Waals surface area contributed by atoms with Gasteiger partial charge in [-0.25, -0.2) is 0 Å². The van der Waals surface area contributed by atoms with Crippen molar-refractivity contribution in [2.24, 2.45) is 11.1 Å². The van der Waals surface area contributed by atoms with E-state index < -0.39 is 6.10 Å².